The van der Waals surface area contributed by atoms with E-state index in [0.717, 1.165) is 25.7 Å². The molecule has 10 nitrogen and oxygen atoms in total. The third kappa shape index (κ3) is 8.53. The highest BCUT2D eigenvalue weighted by molar-refractivity contribution is 5.37. The lowest BCUT2D eigenvalue weighted by Gasteiger charge is -2.26. The summed E-state index contributed by atoms with van der Waals surface area (Å²) in [6, 6.07) is 11.5. The minimum Gasteiger partial charge on any atom is -0.484 e. The van der Waals surface area contributed by atoms with Crippen LogP contribution in [0.5, 0.6) is 11.5 Å². The first-order valence-corrected chi connectivity index (χ1v) is 13.1. The molecule has 1 N–H and O–H groups in total. The standard InChI is InChI=1S/C28H36N2O8/c1-2-3-4-5-6-7-8-9-10-11-25-27(36-23-16-12-21(13-17-23)29(32)33)28(26(20-31)38-25)37-24-18-14-22(15-19-24)30(34)35/h2,12-19,25-28,31H,1,3-11,20H2/t25-,26+,27+,28+/m0/s1. The molecule has 1 aliphatic rings. The molecule has 10 heteroatoms. The van der Waals surface area contributed by atoms with Gasteiger partial charge in [-0.2, -0.15) is 0 Å². The van der Waals surface area contributed by atoms with Crippen molar-refractivity contribution in [2.75, 3.05) is 6.61 Å². The van der Waals surface area contributed by atoms with Crippen molar-refractivity contribution in [3.8, 4) is 11.5 Å². The molecule has 3 rings (SSSR count). The SMILES string of the molecule is C=CCCCCCCCCC[C@@H]1O[C@H](CO)[C@@H](Oc2ccc([N+](=O)[O-])cc2)[C@@H]1Oc1ccc([N+](=O)[O-])cc1. The van der Waals surface area contributed by atoms with Crippen LogP contribution in [0.4, 0.5) is 11.4 Å². The number of aliphatic hydroxyl groups is 1. The van der Waals surface area contributed by atoms with Gasteiger partial charge in [0.1, 0.15) is 17.6 Å². The molecule has 206 valence electrons. The van der Waals surface area contributed by atoms with E-state index >= 15 is 0 Å². The number of nitro groups is 2. The number of aliphatic hydroxyl groups excluding tert-OH is 1. The van der Waals surface area contributed by atoms with E-state index in [2.05, 4.69) is 6.58 Å². The smallest absolute Gasteiger partial charge is 0.269 e. The summed E-state index contributed by atoms with van der Waals surface area (Å²) in [6.07, 6.45) is 9.26. The number of rotatable bonds is 17. The van der Waals surface area contributed by atoms with Gasteiger partial charge in [0, 0.05) is 24.3 Å². The molecule has 2 aromatic carbocycles. The summed E-state index contributed by atoms with van der Waals surface area (Å²) in [7, 11) is 0. The maximum absolute atomic E-state index is 11.0. The van der Waals surface area contributed by atoms with E-state index in [0.29, 0.717) is 17.9 Å². The van der Waals surface area contributed by atoms with Crippen molar-refractivity contribution in [2.24, 2.45) is 0 Å². The van der Waals surface area contributed by atoms with Gasteiger partial charge in [-0.15, -0.1) is 6.58 Å². The number of ether oxygens (including phenoxy) is 3. The molecule has 0 aromatic heterocycles. The van der Waals surface area contributed by atoms with Gasteiger partial charge in [-0.05, 0) is 43.5 Å². The number of hydrogen-bond acceptors (Lipinski definition) is 8. The molecule has 0 aliphatic carbocycles. The van der Waals surface area contributed by atoms with Crippen molar-refractivity contribution in [1.82, 2.24) is 0 Å². The number of nitro benzene ring substituents is 2. The normalized spacial score (nSPS) is 20.7. The van der Waals surface area contributed by atoms with Crippen LogP contribution in [0.2, 0.25) is 0 Å². The maximum Gasteiger partial charge on any atom is 0.269 e. The molecule has 1 saturated heterocycles. The fourth-order valence-electron chi connectivity index (χ4n) is 4.59. The average Bonchev–Trinajstić information content (AvgIpc) is 3.24. The molecule has 2 aromatic rings. The zero-order valence-corrected chi connectivity index (χ0v) is 21.5. The van der Waals surface area contributed by atoms with Gasteiger partial charge in [0.05, 0.1) is 22.6 Å². The summed E-state index contributed by atoms with van der Waals surface area (Å²) in [5.74, 6) is 0.807. The summed E-state index contributed by atoms with van der Waals surface area (Å²) < 4.78 is 18.5. The highest BCUT2D eigenvalue weighted by Crippen LogP contribution is 2.33. The lowest BCUT2D eigenvalue weighted by Crippen LogP contribution is -2.43. The molecule has 0 unspecified atom stereocenters. The second-order valence-corrected chi connectivity index (χ2v) is 9.40. The molecule has 1 heterocycles. The van der Waals surface area contributed by atoms with Crippen LogP contribution in [0.1, 0.15) is 57.8 Å². The van der Waals surface area contributed by atoms with Crippen molar-refractivity contribution < 1.29 is 29.2 Å². The van der Waals surface area contributed by atoms with Crippen LogP contribution in [0.3, 0.4) is 0 Å². The lowest BCUT2D eigenvalue weighted by atomic mass is 10.0. The van der Waals surface area contributed by atoms with Gasteiger partial charge in [0.15, 0.2) is 12.2 Å². The molecule has 0 spiro atoms. The Hall–Kier alpha value is -3.50. The Kier molecular flexibility index (Phi) is 11.5. The Morgan fingerprint density at radius 3 is 1.66 bits per heavy atom. The molecule has 0 saturated carbocycles. The fraction of sp³-hybridized carbons (Fsp3) is 0.500. The van der Waals surface area contributed by atoms with Crippen LogP contribution in [-0.4, -0.2) is 46.0 Å². The van der Waals surface area contributed by atoms with E-state index in [1.807, 2.05) is 6.08 Å². The number of unbranched alkanes of at least 4 members (excludes halogenated alkanes) is 7. The highest BCUT2D eigenvalue weighted by Gasteiger charge is 2.47. The minimum atomic E-state index is -0.688. The van der Waals surface area contributed by atoms with Crippen molar-refractivity contribution in [2.45, 2.75) is 82.2 Å². The van der Waals surface area contributed by atoms with Gasteiger partial charge < -0.3 is 19.3 Å². The fourth-order valence-corrected chi connectivity index (χ4v) is 4.59. The van der Waals surface area contributed by atoms with Gasteiger partial charge in [-0.3, -0.25) is 20.2 Å². The molecule has 0 amide bonds. The molecule has 0 radical (unpaired) electrons. The molecule has 4 atom stereocenters. The summed E-state index contributed by atoms with van der Waals surface area (Å²) in [6.45, 7) is 3.46. The van der Waals surface area contributed by atoms with Crippen LogP contribution < -0.4 is 9.47 Å². The van der Waals surface area contributed by atoms with E-state index in [1.165, 1.54) is 74.2 Å². The largest absolute Gasteiger partial charge is 0.484 e. The molecular formula is C28H36N2O8. The van der Waals surface area contributed by atoms with Gasteiger partial charge in [-0.1, -0.05) is 44.6 Å². The first-order valence-electron chi connectivity index (χ1n) is 13.1. The van der Waals surface area contributed by atoms with Crippen LogP contribution in [0, 0.1) is 20.2 Å². The van der Waals surface area contributed by atoms with E-state index < -0.39 is 28.2 Å². The molecule has 1 fully saturated rings. The second-order valence-electron chi connectivity index (χ2n) is 9.40. The van der Waals surface area contributed by atoms with E-state index in [9.17, 15) is 25.3 Å². The Balaban J connectivity index is 1.66. The zero-order valence-electron chi connectivity index (χ0n) is 21.5. The maximum atomic E-state index is 11.0. The minimum absolute atomic E-state index is 0.0482. The van der Waals surface area contributed by atoms with E-state index in [1.54, 1.807) is 0 Å². The van der Waals surface area contributed by atoms with Gasteiger partial charge >= 0.3 is 0 Å². The van der Waals surface area contributed by atoms with Crippen molar-refractivity contribution in [3.63, 3.8) is 0 Å². The van der Waals surface area contributed by atoms with Crippen molar-refractivity contribution >= 4 is 11.4 Å². The monoisotopic (exact) mass is 528 g/mol. The quantitative estimate of drug-likeness (QED) is 0.112. The molecule has 0 bridgehead atoms. The molecule has 1 aliphatic heterocycles. The summed E-state index contributed by atoms with van der Waals surface area (Å²) in [5.41, 5.74) is -0.107. The second kappa shape index (κ2) is 15.0. The van der Waals surface area contributed by atoms with Crippen LogP contribution in [-0.2, 0) is 4.74 Å². The zero-order chi connectivity index (χ0) is 27.3. The third-order valence-electron chi connectivity index (χ3n) is 6.62. The lowest BCUT2D eigenvalue weighted by molar-refractivity contribution is -0.385. The van der Waals surface area contributed by atoms with E-state index in [-0.39, 0.29) is 24.1 Å². The Labute approximate surface area is 222 Å². The van der Waals surface area contributed by atoms with Gasteiger partial charge in [0.25, 0.3) is 11.4 Å². The summed E-state index contributed by atoms with van der Waals surface area (Å²) >= 11 is 0. The number of allylic oxidation sites excluding steroid dienone is 1. The first-order chi connectivity index (χ1) is 18.4. The van der Waals surface area contributed by atoms with Crippen LogP contribution in [0.15, 0.2) is 61.2 Å². The topological polar surface area (TPSA) is 134 Å². The number of nitrogens with zero attached hydrogens (tertiary/aromatic N) is 2. The van der Waals surface area contributed by atoms with Crippen molar-refractivity contribution in [1.29, 1.82) is 0 Å². The van der Waals surface area contributed by atoms with Crippen LogP contribution >= 0.6 is 0 Å². The number of hydrogen-bond donors (Lipinski definition) is 1. The highest BCUT2D eigenvalue weighted by atomic mass is 16.6. The number of benzene rings is 2. The molecule has 38 heavy (non-hydrogen) atoms. The predicted octanol–water partition coefficient (Wildman–Crippen LogP) is 6.15. The first kappa shape index (κ1) is 29.1. The van der Waals surface area contributed by atoms with Crippen LogP contribution in [0.25, 0.3) is 0 Å². The summed E-state index contributed by atoms with van der Waals surface area (Å²) in [4.78, 5) is 21.0. The Morgan fingerprint density at radius 2 is 1.21 bits per heavy atom. The Morgan fingerprint density at radius 1 is 0.763 bits per heavy atom. The summed E-state index contributed by atoms with van der Waals surface area (Å²) in [5, 5.41) is 32.0. The van der Waals surface area contributed by atoms with Crippen molar-refractivity contribution in [3.05, 3.63) is 81.4 Å². The number of non-ortho nitro benzene ring substituents is 2. The molecular weight excluding hydrogens is 492 g/mol. The van der Waals surface area contributed by atoms with Gasteiger partial charge in [0.2, 0.25) is 0 Å². The van der Waals surface area contributed by atoms with E-state index in [4.69, 9.17) is 14.2 Å². The predicted molar refractivity (Wildman–Crippen MR) is 143 cm³/mol. The van der Waals surface area contributed by atoms with Gasteiger partial charge in [-0.25, -0.2) is 0 Å². The third-order valence-corrected chi connectivity index (χ3v) is 6.62. The average molecular weight is 529 g/mol. The Bertz CT molecular complexity index is 1030.